The van der Waals surface area contributed by atoms with Crippen LogP contribution in [0.1, 0.15) is 55.3 Å². The Hall–Kier alpha value is -4.77. The number of allylic oxidation sites excluding steroid dienone is 3. The Morgan fingerprint density at radius 2 is 1.78 bits per heavy atom. The van der Waals surface area contributed by atoms with Crippen molar-refractivity contribution in [2.75, 3.05) is 27.6 Å². The van der Waals surface area contributed by atoms with Crippen LogP contribution in [0.2, 0.25) is 0 Å². The Morgan fingerprint density at radius 3 is 2.44 bits per heavy atom. The molecule has 0 radical (unpaired) electrons. The molecule has 11 heteroatoms. The zero-order chi connectivity index (χ0) is 32.3. The van der Waals surface area contributed by atoms with Crippen LogP contribution in [0.5, 0.6) is 17.2 Å². The standard InChI is InChI=1S/C34H34O11/c1-7-17(2)31(36)44-25-18(3)33(4,38)30(45-32(37)19-11-9-8-10-12-19)21-14-22(39-5)27(40-6)29(35)34(21)15-41-28-24(34)20(25)13-23-26(28)43-16-42-23/h7-14,18,25,30,38H,15-16H2,1-6H3/b17-7-/t18-,25-,30+,33-,34-/m0/s1. The summed E-state index contributed by atoms with van der Waals surface area (Å²) in [6, 6.07) is 9.95. The van der Waals surface area contributed by atoms with E-state index >= 15 is 0 Å². The Bertz CT molecular complexity index is 1680. The number of carbonyl (C=O) groups excluding carboxylic acids is 3. The van der Waals surface area contributed by atoms with Crippen LogP contribution in [0.4, 0.5) is 0 Å². The predicted octanol–water partition coefficient (Wildman–Crippen LogP) is 4.24. The van der Waals surface area contributed by atoms with E-state index in [0.717, 1.165) is 0 Å². The first kappa shape index (κ1) is 30.3. The molecule has 0 unspecified atom stereocenters. The molecule has 2 aliphatic heterocycles. The highest BCUT2D eigenvalue weighted by Gasteiger charge is 2.64. The summed E-state index contributed by atoms with van der Waals surface area (Å²) >= 11 is 0. The van der Waals surface area contributed by atoms with Gasteiger partial charge in [0, 0.05) is 22.6 Å². The minimum absolute atomic E-state index is 0.0790. The number of hydrogen-bond donors (Lipinski definition) is 1. The first-order chi connectivity index (χ1) is 21.5. The van der Waals surface area contributed by atoms with E-state index in [4.69, 9.17) is 33.2 Å². The van der Waals surface area contributed by atoms with E-state index in [1.165, 1.54) is 21.1 Å². The van der Waals surface area contributed by atoms with Gasteiger partial charge in [0.25, 0.3) is 0 Å². The average Bonchev–Trinajstić information content (AvgIpc) is 3.68. The maximum absolute atomic E-state index is 14.8. The van der Waals surface area contributed by atoms with Gasteiger partial charge >= 0.3 is 11.9 Å². The molecule has 1 spiro atoms. The molecule has 236 valence electrons. The van der Waals surface area contributed by atoms with Gasteiger partial charge in [-0.1, -0.05) is 31.2 Å². The average molecular weight is 619 g/mol. The van der Waals surface area contributed by atoms with Gasteiger partial charge in [-0.25, -0.2) is 9.59 Å². The van der Waals surface area contributed by atoms with Crippen molar-refractivity contribution >= 4 is 17.7 Å². The number of carbonyl (C=O) groups is 3. The molecule has 2 aromatic carbocycles. The number of hydrogen-bond acceptors (Lipinski definition) is 11. The summed E-state index contributed by atoms with van der Waals surface area (Å²) in [5, 5.41) is 12.5. The van der Waals surface area contributed by atoms with E-state index < -0.39 is 46.9 Å². The zero-order valence-electron chi connectivity index (χ0n) is 25.8. The van der Waals surface area contributed by atoms with Crippen LogP contribution in [-0.4, -0.2) is 62.2 Å². The van der Waals surface area contributed by atoms with Crippen molar-refractivity contribution in [1.29, 1.82) is 0 Å². The Kier molecular flexibility index (Phi) is 7.39. The van der Waals surface area contributed by atoms with Crippen LogP contribution in [0, 0.1) is 5.92 Å². The maximum Gasteiger partial charge on any atom is 0.338 e. The van der Waals surface area contributed by atoms with E-state index in [1.807, 2.05) is 0 Å². The van der Waals surface area contributed by atoms with Crippen molar-refractivity contribution in [3.8, 4) is 17.2 Å². The summed E-state index contributed by atoms with van der Waals surface area (Å²) < 4.78 is 41.2. The van der Waals surface area contributed by atoms with E-state index in [1.54, 1.807) is 69.3 Å². The SMILES string of the molecule is C/C=C(/C)C(=O)O[C@@H]1c2cc3c(c4c2[C@@]2(CO4)C(=O)C(OC)=C(OC)C=C2[C@@H](OC(=O)c2ccccc2)[C@@](C)(O)[C@H]1C)OCO3. The van der Waals surface area contributed by atoms with Crippen LogP contribution < -0.4 is 14.2 Å². The van der Waals surface area contributed by atoms with Crippen molar-refractivity contribution in [3.63, 3.8) is 0 Å². The lowest BCUT2D eigenvalue weighted by molar-refractivity contribution is -0.163. The highest BCUT2D eigenvalue weighted by atomic mass is 16.7. The van der Waals surface area contributed by atoms with Gasteiger partial charge in [0.15, 0.2) is 23.4 Å². The summed E-state index contributed by atoms with van der Waals surface area (Å²) in [4.78, 5) is 41.7. The lowest BCUT2D eigenvalue weighted by Gasteiger charge is -2.48. The minimum atomic E-state index is -1.93. The molecular weight excluding hydrogens is 584 g/mol. The highest BCUT2D eigenvalue weighted by Crippen LogP contribution is 2.62. The van der Waals surface area contributed by atoms with Gasteiger partial charge in [0.1, 0.15) is 23.7 Å². The number of aliphatic hydroxyl groups is 1. The molecule has 2 aromatic rings. The number of Topliss-reactive ketones (excluding diaryl/α,β-unsaturated/α-hetero) is 1. The normalized spacial score (nSPS) is 28.2. The minimum Gasteiger partial charge on any atom is -0.493 e. The van der Waals surface area contributed by atoms with Crippen molar-refractivity contribution in [2.45, 2.75) is 50.9 Å². The van der Waals surface area contributed by atoms with Crippen molar-refractivity contribution in [1.82, 2.24) is 0 Å². The van der Waals surface area contributed by atoms with Gasteiger partial charge in [-0.05, 0) is 50.6 Å². The molecule has 0 saturated heterocycles. The molecule has 2 aliphatic carbocycles. The zero-order valence-corrected chi connectivity index (χ0v) is 25.8. The number of ether oxygens (including phenoxy) is 7. The molecule has 45 heavy (non-hydrogen) atoms. The molecule has 6 rings (SSSR count). The first-order valence-electron chi connectivity index (χ1n) is 14.5. The van der Waals surface area contributed by atoms with Gasteiger partial charge in [-0.3, -0.25) is 4.79 Å². The largest absolute Gasteiger partial charge is 0.493 e. The summed E-state index contributed by atoms with van der Waals surface area (Å²) in [5.41, 5.74) is -2.14. The molecule has 0 amide bonds. The van der Waals surface area contributed by atoms with Gasteiger partial charge in [0.05, 0.1) is 19.8 Å². The lowest BCUT2D eigenvalue weighted by atomic mass is 9.59. The molecule has 2 heterocycles. The van der Waals surface area contributed by atoms with Crippen molar-refractivity contribution < 1.29 is 52.6 Å². The third-order valence-electron chi connectivity index (χ3n) is 9.25. The monoisotopic (exact) mass is 618 g/mol. The Balaban J connectivity index is 1.67. The number of benzene rings is 2. The van der Waals surface area contributed by atoms with Crippen LogP contribution >= 0.6 is 0 Å². The van der Waals surface area contributed by atoms with Crippen LogP contribution in [0.15, 0.2) is 71.2 Å². The second-order valence-electron chi connectivity index (χ2n) is 11.6. The van der Waals surface area contributed by atoms with Crippen LogP contribution in [0.3, 0.4) is 0 Å². The van der Waals surface area contributed by atoms with Gasteiger partial charge in [0.2, 0.25) is 24.1 Å². The van der Waals surface area contributed by atoms with Crippen LogP contribution in [-0.2, 0) is 34.0 Å². The smallest absolute Gasteiger partial charge is 0.338 e. The fraction of sp³-hybridized carbons (Fsp3) is 0.382. The second-order valence-corrected chi connectivity index (χ2v) is 11.6. The summed E-state index contributed by atoms with van der Waals surface area (Å²) in [6.07, 6.45) is 0.550. The molecule has 0 saturated carbocycles. The lowest BCUT2D eigenvalue weighted by Crippen LogP contribution is -2.58. The Labute approximate surface area is 259 Å². The molecule has 1 N–H and O–H groups in total. The molecule has 0 aromatic heterocycles. The summed E-state index contributed by atoms with van der Waals surface area (Å²) in [6.45, 7) is 6.13. The van der Waals surface area contributed by atoms with Gasteiger partial charge < -0.3 is 38.3 Å². The van der Waals surface area contributed by atoms with Gasteiger partial charge in [-0.15, -0.1) is 0 Å². The summed E-state index contributed by atoms with van der Waals surface area (Å²) in [5.74, 6) is -2.02. The number of ketones is 1. The molecule has 4 aliphatic rings. The summed E-state index contributed by atoms with van der Waals surface area (Å²) in [7, 11) is 2.73. The number of methoxy groups -OCH3 is 2. The Morgan fingerprint density at radius 1 is 1.04 bits per heavy atom. The van der Waals surface area contributed by atoms with E-state index in [-0.39, 0.29) is 47.6 Å². The second kappa shape index (κ2) is 11.0. The third-order valence-corrected chi connectivity index (χ3v) is 9.25. The van der Waals surface area contributed by atoms with Gasteiger partial charge in [-0.2, -0.15) is 0 Å². The fourth-order valence-corrected chi connectivity index (χ4v) is 6.46. The predicted molar refractivity (Wildman–Crippen MR) is 158 cm³/mol. The molecule has 5 atom stereocenters. The number of rotatable bonds is 6. The first-order valence-corrected chi connectivity index (χ1v) is 14.5. The highest BCUT2D eigenvalue weighted by molar-refractivity contribution is 6.09. The fourth-order valence-electron chi connectivity index (χ4n) is 6.46. The van der Waals surface area contributed by atoms with Crippen molar-refractivity contribution in [2.24, 2.45) is 5.92 Å². The molecule has 0 fully saturated rings. The number of esters is 2. The maximum atomic E-state index is 14.8. The third kappa shape index (κ3) is 4.40. The molecule has 0 bridgehead atoms. The quantitative estimate of drug-likeness (QED) is 0.368. The molecular formula is C34H34O11. The number of fused-ring (bicyclic) bond motifs is 2. The van der Waals surface area contributed by atoms with E-state index in [2.05, 4.69) is 0 Å². The van der Waals surface area contributed by atoms with Crippen LogP contribution in [0.25, 0.3) is 0 Å². The van der Waals surface area contributed by atoms with E-state index in [0.29, 0.717) is 22.4 Å². The topological polar surface area (TPSA) is 136 Å². The molecule has 11 nitrogen and oxygen atoms in total. The van der Waals surface area contributed by atoms with E-state index in [9.17, 15) is 19.5 Å². The van der Waals surface area contributed by atoms with Crippen molar-refractivity contribution in [3.05, 3.63) is 87.9 Å².